The molecule has 2 fully saturated rings. The average molecular weight is 281 g/mol. The van der Waals surface area contributed by atoms with E-state index in [1.807, 2.05) is 0 Å². The molecule has 20 heavy (non-hydrogen) atoms. The van der Waals surface area contributed by atoms with E-state index in [1.165, 1.54) is 38.8 Å². The summed E-state index contributed by atoms with van der Waals surface area (Å²) in [6.07, 6.45) is 5.85. The lowest BCUT2D eigenvalue weighted by molar-refractivity contribution is -0.0395. The zero-order chi connectivity index (χ0) is 14.9. The highest BCUT2D eigenvalue weighted by atomic mass is 16.3. The fraction of sp³-hybridized carbons (Fsp3) is 1.00. The highest BCUT2D eigenvalue weighted by Crippen LogP contribution is 2.42. The van der Waals surface area contributed by atoms with E-state index in [0.29, 0.717) is 11.5 Å². The van der Waals surface area contributed by atoms with Gasteiger partial charge < -0.3 is 5.11 Å². The fourth-order valence-electron chi connectivity index (χ4n) is 4.12. The van der Waals surface area contributed by atoms with Crippen molar-refractivity contribution >= 4 is 0 Å². The first kappa shape index (κ1) is 16.3. The van der Waals surface area contributed by atoms with Crippen molar-refractivity contribution in [3.63, 3.8) is 0 Å². The van der Waals surface area contributed by atoms with E-state index in [4.69, 9.17) is 0 Å². The second kappa shape index (κ2) is 6.36. The number of nitrogens with zero attached hydrogens (tertiary/aromatic N) is 1. The molecule has 2 nitrogen and oxygen atoms in total. The Hall–Kier alpha value is -0.0800. The number of aliphatic hydroxyl groups is 1. The lowest BCUT2D eigenvalue weighted by Crippen LogP contribution is -2.53. The van der Waals surface area contributed by atoms with Gasteiger partial charge in [0.25, 0.3) is 0 Å². The molecule has 0 bridgehead atoms. The summed E-state index contributed by atoms with van der Waals surface area (Å²) in [5, 5.41) is 10.5. The zero-order valence-corrected chi connectivity index (χ0v) is 14.2. The minimum Gasteiger partial charge on any atom is -0.391 e. The number of rotatable bonds is 3. The van der Waals surface area contributed by atoms with E-state index in [9.17, 15) is 5.11 Å². The van der Waals surface area contributed by atoms with Crippen molar-refractivity contribution in [2.45, 2.75) is 78.9 Å². The Morgan fingerprint density at radius 2 is 1.80 bits per heavy atom. The fourth-order valence-corrected chi connectivity index (χ4v) is 4.12. The van der Waals surface area contributed by atoms with Gasteiger partial charge in [-0.05, 0) is 55.4 Å². The van der Waals surface area contributed by atoms with Crippen LogP contribution in [0.4, 0.5) is 0 Å². The third-order valence-corrected chi connectivity index (χ3v) is 6.63. The normalized spacial score (nSPS) is 40.8. The minimum atomic E-state index is -0.0977. The molecule has 5 unspecified atom stereocenters. The van der Waals surface area contributed by atoms with Crippen molar-refractivity contribution < 1.29 is 5.11 Å². The molecule has 0 aromatic heterocycles. The van der Waals surface area contributed by atoms with Crippen molar-refractivity contribution in [2.24, 2.45) is 23.2 Å². The standard InChI is InChI=1S/C18H35NO/c1-6-18(4,5)15-7-8-17(20)16(11-15)19-10-9-13(2)14(3)12-19/h13-17,20H,6-12H2,1-5H3. The predicted molar refractivity (Wildman–Crippen MR) is 85.7 cm³/mol. The lowest BCUT2D eigenvalue weighted by Gasteiger charge is -2.48. The Bertz CT molecular complexity index is 315. The summed E-state index contributed by atoms with van der Waals surface area (Å²) < 4.78 is 0. The van der Waals surface area contributed by atoms with Crippen molar-refractivity contribution in [1.29, 1.82) is 0 Å². The Labute approximate surface area is 125 Å². The first-order valence-corrected chi connectivity index (χ1v) is 8.77. The number of likely N-dealkylation sites (tertiary alicyclic amines) is 1. The Balaban J connectivity index is 2.02. The van der Waals surface area contributed by atoms with Crippen LogP contribution in [0.25, 0.3) is 0 Å². The second-order valence-electron chi connectivity index (χ2n) is 8.22. The lowest BCUT2D eigenvalue weighted by atomic mass is 9.67. The molecule has 2 heteroatoms. The molecule has 0 aromatic rings. The van der Waals surface area contributed by atoms with Crippen LogP contribution in [-0.4, -0.2) is 35.2 Å². The number of piperidine rings is 1. The van der Waals surface area contributed by atoms with Gasteiger partial charge in [0.1, 0.15) is 0 Å². The van der Waals surface area contributed by atoms with E-state index in [0.717, 1.165) is 24.2 Å². The maximum absolute atomic E-state index is 10.5. The van der Waals surface area contributed by atoms with Crippen LogP contribution in [0.15, 0.2) is 0 Å². The largest absolute Gasteiger partial charge is 0.391 e. The third-order valence-electron chi connectivity index (χ3n) is 6.63. The number of aliphatic hydroxyl groups excluding tert-OH is 1. The smallest absolute Gasteiger partial charge is 0.0695 e. The summed E-state index contributed by atoms with van der Waals surface area (Å²) in [5.41, 5.74) is 0.424. The molecule has 0 radical (unpaired) electrons. The molecule has 1 saturated carbocycles. The maximum atomic E-state index is 10.5. The van der Waals surface area contributed by atoms with Crippen LogP contribution in [0.5, 0.6) is 0 Å². The summed E-state index contributed by atoms with van der Waals surface area (Å²) >= 11 is 0. The number of hydrogen-bond acceptors (Lipinski definition) is 2. The molecule has 1 saturated heterocycles. The van der Waals surface area contributed by atoms with Gasteiger partial charge in [0.15, 0.2) is 0 Å². The zero-order valence-electron chi connectivity index (χ0n) is 14.2. The molecule has 1 heterocycles. The van der Waals surface area contributed by atoms with Crippen LogP contribution in [0.1, 0.15) is 66.7 Å². The van der Waals surface area contributed by atoms with E-state index in [1.54, 1.807) is 0 Å². The van der Waals surface area contributed by atoms with E-state index < -0.39 is 0 Å². The maximum Gasteiger partial charge on any atom is 0.0695 e. The first-order chi connectivity index (χ1) is 9.35. The van der Waals surface area contributed by atoms with Gasteiger partial charge in [-0.1, -0.05) is 41.0 Å². The Morgan fingerprint density at radius 3 is 2.40 bits per heavy atom. The highest BCUT2D eigenvalue weighted by molar-refractivity contribution is 4.93. The van der Waals surface area contributed by atoms with Gasteiger partial charge in [0.2, 0.25) is 0 Å². The average Bonchev–Trinajstić information content (AvgIpc) is 2.42. The van der Waals surface area contributed by atoms with Crippen molar-refractivity contribution in [3.05, 3.63) is 0 Å². The third kappa shape index (κ3) is 3.39. The molecular weight excluding hydrogens is 246 g/mol. The van der Waals surface area contributed by atoms with Crippen LogP contribution in [0.3, 0.4) is 0 Å². The minimum absolute atomic E-state index is 0.0977. The van der Waals surface area contributed by atoms with E-state index in [2.05, 4.69) is 39.5 Å². The molecule has 1 aliphatic carbocycles. The quantitative estimate of drug-likeness (QED) is 0.847. The van der Waals surface area contributed by atoms with Crippen LogP contribution in [0.2, 0.25) is 0 Å². The molecule has 118 valence electrons. The molecule has 0 spiro atoms. The SMILES string of the molecule is CCC(C)(C)C1CCC(O)C(N2CCC(C)C(C)C2)C1. The van der Waals surface area contributed by atoms with E-state index >= 15 is 0 Å². The van der Waals surface area contributed by atoms with Gasteiger partial charge in [0, 0.05) is 12.6 Å². The molecule has 1 aliphatic heterocycles. The predicted octanol–water partition coefficient (Wildman–Crippen LogP) is 3.93. The van der Waals surface area contributed by atoms with Crippen LogP contribution < -0.4 is 0 Å². The Morgan fingerprint density at radius 1 is 1.10 bits per heavy atom. The molecule has 5 atom stereocenters. The molecular formula is C18H35NO. The van der Waals surface area contributed by atoms with Gasteiger partial charge in [-0.25, -0.2) is 0 Å². The summed E-state index contributed by atoms with van der Waals surface area (Å²) in [6, 6.07) is 0.412. The number of hydrogen-bond donors (Lipinski definition) is 1. The summed E-state index contributed by atoms with van der Waals surface area (Å²) in [4.78, 5) is 2.60. The van der Waals surface area contributed by atoms with Gasteiger partial charge in [-0.15, -0.1) is 0 Å². The monoisotopic (exact) mass is 281 g/mol. The molecule has 0 aromatic carbocycles. The van der Waals surface area contributed by atoms with Gasteiger partial charge in [-0.3, -0.25) is 4.90 Å². The summed E-state index contributed by atoms with van der Waals surface area (Å²) in [5.74, 6) is 2.39. The molecule has 1 N–H and O–H groups in total. The van der Waals surface area contributed by atoms with Crippen LogP contribution in [0, 0.1) is 23.2 Å². The van der Waals surface area contributed by atoms with Gasteiger partial charge in [-0.2, -0.15) is 0 Å². The highest BCUT2D eigenvalue weighted by Gasteiger charge is 2.40. The van der Waals surface area contributed by atoms with Gasteiger partial charge >= 0.3 is 0 Å². The van der Waals surface area contributed by atoms with E-state index in [-0.39, 0.29) is 6.10 Å². The van der Waals surface area contributed by atoms with Gasteiger partial charge in [0.05, 0.1) is 6.10 Å². The van der Waals surface area contributed by atoms with Crippen molar-refractivity contribution in [1.82, 2.24) is 4.90 Å². The molecule has 0 amide bonds. The topological polar surface area (TPSA) is 23.5 Å². The van der Waals surface area contributed by atoms with Crippen molar-refractivity contribution in [3.8, 4) is 0 Å². The summed E-state index contributed by atoms with van der Waals surface area (Å²) in [7, 11) is 0. The molecule has 2 aliphatic rings. The first-order valence-electron chi connectivity index (χ1n) is 8.77. The van der Waals surface area contributed by atoms with Crippen LogP contribution >= 0.6 is 0 Å². The molecule has 2 rings (SSSR count). The van der Waals surface area contributed by atoms with Crippen molar-refractivity contribution in [2.75, 3.05) is 13.1 Å². The van der Waals surface area contributed by atoms with Crippen LogP contribution in [-0.2, 0) is 0 Å². The Kier molecular flexibility index (Phi) is 5.18. The summed E-state index contributed by atoms with van der Waals surface area (Å²) in [6.45, 7) is 14.3. The second-order valence-corrected chi connectivity index (χ2v) is 8.22.